The lowest BCUT2D eigenvalue weighted by Crippen LogP contribution is -2.35. The Hall–Kier alpha value is -2.38. The molecule has 1 aromatic rings. The number of carbonyl (C=O) groups excluding carboxylic acids is 2. The third-order valence-corrected chi connectivity index (χ3v) is 2.22. The maximum absolute atomic E-state index is 11.4. The van der Waals surface area contributed by atoms with Gasteiger partial charge in [0.25, 0.3) is 11.5 Å². The summed E-state index contributed by atoms with van der Waals surface area (Å²) < 4.78 is 1.12. The lowest BCUT2D eigenvalue weighted by Gasteiger charge is -2.06. The molecule has 0 aromatic carbocycles. The Morgan fingerprint density at radius 2 is 1.94 bits per heavy atom. The van der Waals surface area contributed by atoms with Gasteiger partial charge in [-0.1, -0.05) is 0 Å². The minimum atomic E-state index is -1.05. The highest BCUT2D eigenvalue weighted by atomic mass is 16.2. The predicted molar refractivity (Wildman–Crippen MR) is 51.7 cm³/mol. The van der Waals surface area contributed by atoms with Gasteiger partial charge < -0.3 is 9.88 Å². The predicted octanol–water partition coefficient (Wildman–Crippen LogP) is -2.05. The Bertz CT molecular complexity index is 584. The summed E-state index contributed by atoms with van der Waals surface area (Å²) in [7, 11) is 1.43. The van der Waals surface area contributed by atoms with Crippen LogP contribution >= 0.6 is 0 Å². The number of hydrogen-bond acceptors (Lipinski definition) is 4. The molecule has 16 heavy (non-hydrogen) atoms. The van der Waals surface area contributed by atoms with E-state index in [0.29, 0.717) is 0 Å². The number of amides is 3. The fourth-order valence-corrected chi connectivity index (χ4v) is 1.42. The Labute approximate surface area is 88.3 Å². The molecule has 84 valence electrons. The van der Waals surface area contributed by atoms with Crippen LogP contribution in [0.3, 0.4) is 0 Å². The molecule has 1 aliphatic heterocycles. The van der Waals surface area contributed by atoms with E-state index in [1.807, 2.05) is 10.3 Å². The Balaban J connectivity index is 2.53. The number of aromatic nitrogens is 2. The highest BCUT2D eigenvalue weighted by Gasteiger charge is 2.33. The van der Waals surface area contributed by atoms with E-state index in [9.17, 15) is 19.2 Å². The van der Waals surface area contributed by atoms with Gasteiger partial charge in [0.05, 0.1) is 5.56 Å². The molecule has 1 saturated heterocycles. The highest BCUT2D eigenvalue weighted by Crippen LogP contribution is 2.10. The van der Waals surface area contributed by atoms with Crippen molar-refractivity contribution in [3.63, 3.8) is 0 Å². The number of urea groups is 1. The fraction of sp³-hybridized carbons (Fsp3) is 0.250. The number of imide groups is 1. The van der Waals surface area contributed by atoms with E-state index < -0.39 is 29.2 Å². The molecule has 0 radical (unpaired) electrons. The third-order valence-electron chi connectivity index (χ3n) is 2.22. The molecule has 8 nitrogen and oxygen atoms in total. The number of carbonyl (C=O) groups is 2. The number of nitrogens with zero attached hydrogens (tertiary/aromatic N) is 1. The van der Waals surface area contributed by atoms with Crippen LogP contribution in [0, 0.1) is 0 Å². The first-order valence-electron chi connectivity index (χ1n) is 4.40. The Kier molecular flexibility index (Phi) is 2.11. The van der Waals surface area contributed by atoms with E-state index in [1.54, 1.807) is 0 Å². The molecular weight excluding hydrogens is 216 g/mol. The zero-order valence-electron chi connectivity index (χ0n) is 8.23. The van der Waals surface area contributed by atoms with Crippen LogP contribution in [0.25, 0.3) is 0 Å². The van der Waals surface area contributed by atoms with Gasteiger partial charge in [-0.15, -0.1) is 0 Å². The van der Waals surface area contributed by atoms with Crippen molar-refractivity contribution < 1.29 is 9.59 Å². The van der Waals surface area contributed by atoms with E-state index in [-0.39, 0.29) is 5.56 Å². The second-order valence-electron chi connectivity index (χ2n) is 3.35. The van der Waals surface area contributed by atoms with Gasteiger partial charge >= 0.3 is 11.7 Å². The summed E-state index contributed by atoms with van der Waals surface area (Å²) in [5.74, 6) is -0.617. The van der Waals surface area contributed by atoms with Crippen LogP contribution in [-0.4, -0.2) is 21.5 Å². The van der Waals surface area contributed by atoms with Crippen molar-refractivity contribution in [2.75, 3.05) is 0 Å². The topological polar surface area (TPSA) is 113 Å². The minimum Gasteiger partial charge on any atom is -0.322 e. The van der Waals surface area contributed by atoms with Gasteiger partial charge in [-0.25, -0.2) is 9.59 Å². The van der Waals surface area contributed by atoms with Gasteiger partial charge in [0.1, 0.15) is 6.04 Å². The lowest BCUT2D eigenvalue weighted by atomic mass is 10.1. The molecule has 3 amide bonds. The summed E-state index contributed by atoms with van der Waals surface area (Å²) in [5, 5.41) is 4.27. The second-order valence-corrected chi connectivity index (χ2v) is 3.35. The smallest absolute Gasteiger partial charge is 0.322 e. The van der Waals surface area contributed by atoms with E-state index >= 15 is 0 Å². The first-order chi connectivity index (χ1) is 7.49. The number of aryl methyl sites for hydroxylation is 1. The lowest BCUT2D eigenvalue weighted by molar-refractivity contribution is -0.120. The molecule has 2 heterocycles. The standard InChI is InChI=1S/C8H8N4O4/c1-12-2-3(5(13)11-8(12)16)4-6(14)10-7(15)9-4/h2,4H,1H3,(H,11,13,16)(H2,9,10,14,15). The summed E-state index contributed by atoms with van der Waals surface area (Å²) in [6, 6.07) is -1.72. The number of nitrogens with one attached hydrogen (secondary N) is 3. The molecule has 1 aromatic heterocycles. The number of H-pyrrole nitrogens is 1. The molecule has 0 bridgehead atoms. The summed E-state index contributed by atoms with van der Waals surface area (Å²) in [6.45, 7) is 0. The molecule has 2 rings (SSSR count). The van der Waals surface area contributed by atoms with Crippen molar-refractivity contribution in [2.24, 2.45) is 7.05 Å². The van der Waals surface area contributed by atoms with Crippen molar-refractivity contribution >= 4 is 11.9 Å². The van der Waals surface area contributed by atoms with Crippen LogP contribution in [-0.2, 0) is 11.8 Å². The summed E-state index contributed by atoms with van der Waals surface area (Å²) >= 11 is 0. The van der Waals surface area contributed by atoms with E-state index in [4.69, 9.17) is 0 Å². The van der Waals surface area contributed by atoms with Gasteiger partial charge in [-0.2, -0.15) is 0 Å². The zero-order chi connectivity index (χ0) is 11.9. The van der Waals surface area contributed by atoms with Gasteiger partial charge in [0.2, 0.25) is 0 Å². The molecule has 8 heteroatoms. The van der Waals surface area contributed by atoms with Crippen molar-refractivity contribution in [3.05, 3.63) is 32.6 Å². The monoisotopic (exact) mass is 224 g/mol. The van der Waals surface area contributed by atoms with Gasteiger partial charge in [-0.3, -0.25) is 19.9 Å². The maximum Gasteiger partial charge on any atom is 0.328 e. The Morgan fingerprint density at radius 1 is 1.25 bits per heavy atom. The number of hydrogen-bond donors (Lipinski definition) is 3. The molecule has 0 spiro atoms. The largest absolute Gasteiger partial charge is 0.328 e. The van der Waals surface area contributed by atoms with Gasteiger partial charge in [-0.05, 0) is 0 Å². The third kappa shape index (κ3) is 1.49. The number of rotatable bonds is 1. The van der Waals surface area contributed by atoms with Crippen LogP contribution in [0.4, 0.5) is 4.79 Å². The number of aromatic amines is 1. The molecule has 1 atom stereocenters. The molecule has 1 fully saturated rings. The summed E-state index contributed by atoms with van der Waals surface area (Å²) in [4.78, 5) is 46.7. The Morgan fingerprint density at radius 3 is 2.50 bits per heavy atom. The van der Waals surface area contributed by atoms with E-state index in [2.05, 4.69) is 5.32 Å². The average molecular weight is 224 g/mol. The second kappa shape index (κ2) is 3.33. The summed E-state index contributed by atoms with van der Waals surface area (Å²) in [6.07, 6.45) is 1.22. The minimum absolute atomic E-state index is 0.0189. The van der Waals surface area contributed by atoms with Gasteiger partial charge in [0.15, 0.2) is 0 Å². The SMILES string of the molecule is Cn1cc(C2NC(=O)NC2=O)c(=O)[nH]c1=O. The fourth-order valence-electron chi connectivity index (χ4n) is 1.42. The molecule has 1 aliphatic rings. The van der Waals surface area contributed by atoms with Crippen molar-refractivity contribution in [2.45, 2.75) is 6.04 Å². The van der Waals surface area contributed by atoms with Crippen molar-refractivity contribution in [1.29, 1.82) is 0 Å². The van der Waals surface area contributed by atoms with E-state index in [1.165, 1.54) is 13.2 Å². The van der Waals surface area contributed by atoms with E-state index in [0.717, 1.165) is 4.57 Å². The van der Waals surface area contributed by atoms with Crippen LogP contribution in [0.1, 0.15) is 11.6 Å². The van der Waals surface area contributed by atoms with Gasteiger partial charge in [0, 0.05) is 13.2 Å². The van der Waals surface area contributed by atoms with Crippen LogP contribution < -0.4 is 21.9 Å². The van der Waals surface area contributed by atoms with Crippen LogP contribution in [0.5, 0.6) is 0 Å². The average Bonchev–Trinajstić information content (AvgIpc) is 2.51. The first-order valence-corrected chi connectivity index (χ1v) is 4.40. The van der Waals surface area contributed by atoms with Crippen molar-refractivity contribution in [3.8, 4) is 0 Å². The molecule has 3 N–H and O–H groups in total. The maximum atomic E-state index is 11.4. The quantitative estimate of drug-likeness (QED) is 0.476. The van der Waals surface area contributed by atoms with Crippen molar-refractivity contribution in [1.82, 2.24) is 20.2 Å². The highest BCUT2D eigenvalue weighted by molar-refractivity contribution is 6.04. The normalized spacial score (nSPS) is 19.4. The molecular formula is C8H8N4O4. The zero-order valence-corrected chi connectivity index (χ0v) is 8.23. The molecule has 0 aliphatic carbocycles. The molecule has 0 saturated carbocycles. The first kappa shape index (κ1) is 10.1. The van der Waals surface area contributed by atoms with Crippen LogP contribution in [0.2, 0.25) is 0 Å². The summed E-state index contributed by atoms with van der Waals surface area (Å²) in [5.41, 5.74) is -1.26. The van der Waals surface area contributed by atoms with Crippen LogP contribution in [0.15, 0.2) is 15.8 Å². The molecule has 1 unspecified atom stereocenters.